The number of hydrogen-bond acceptors (Lipinski definition) is 6. The lowest BCUT2D eigenvalue weighted by Crippen LogP contribution is -2.09. The molecule has 4 aromatic heterocycles. The van der Waals surface area contributed by atoms with Crippen molar-refractivity contribution >= 4 is 39.0 Å². The van der Waals surface area contributed by atoms with Gasteiger partial charge in [0.05, 0.1) is 11.1 Å². The Balaban J connectivity index is 1.50. The second-order valence-electron chi connectivity index (χ2n) is 8.03. The van der Waals surface area contributed by atoms with Crippen molar-refractivity contribution in [1.29, 1.82) is 0 Å². The predicted molar refractivity (Wildman–Crippen MR) is 113 cm³/mol. The third-order valence-corrected chi connectivity index (χ3v) is 7.92. The SMILES string of the molecule is C[C@H]1CCc2c(sc3nc(C4CC4)n4c(SCc5ccccn5)nnc4c23)C1. The maximum Gasteiger partial charge on any atom is 0.197 e. The van der Waals surface area contributed by atoms with Crippen LogP contribution in [-0.4, -0.2) is 24.6 Å². The predicted octanol–water partition coefficient (Wildman–Crippen LogP) is 5.03. The first-order valence-corrected chi connectivity index (χ1v) is 11.8. The monoisotopic (exact) mass is 407 g/mol. The highest BCUT2D eigenvalue weighted by atomic mass is 32.2. The first-order valence-electron chi connectivity index (χ1n) is 10.00. The van der Waals surface area contributed by atoms with Crippen LogP contribution in [0.4, 0.5) is 0 Å². The zero-order chi connectivity index (χ0) is 18.7. The van der Waals surface area contributed by atoms with Gasteiger partial charge in [-0.25, -0.2) is 4.98 Å². The lowest BCUT2D eigenvalue weighted by atomic mass is 9.89. The van der Waals surface area contributed by atoms with Gasteiger partial charge in [0.2, 0.25) is 0 Å². The maximum absolute atomic E-state index is 5.16. The zero-order valence-electron chi connectivity index (χ0n) is 15.8. The van der Waals surface area contributed by atoms with Crippen LogP contribution in [0, 0.1) is 5.92 Å². The molecule has 0 amide bonds. The summed E-state index contributed by atoms with van der Waals surface area (Å²) < 4.78 is 2.25. The topological polar surface area (TPSA) is 56.0 Å². The number of fused-ring (bicyclic) bond motifs is 5. The van der Waals surface area contributed by atoms with E-state index in [-0.39, 0.29) is 0 Å². The molecule has 142 valence electrons. The molecule has 0 N–H and O–H groups in total. The minimum atomic E-state index is 0.551. The summed E-state index contributed by atoms with van der Waals surface area (Å²) in [5.41, 5.74) is 3.56. The molecule has 1 saturated carbocycles. The molecule has 4 heterocycles. The Hall–Kier alpha value is -1.99. The van der Waals surface area contributed by atoms with Crippen LogP contribution in [0.3, 0.4) is 0 Å². The highest BCUT2D eigenvalue weighted by Gasteiger charge is 2.32. The van der Waals surface area contributed by atoms with Gasteiger partial charge in [0, 0.05) is 22.7 Å². The molecule has 1 fully saturated rings. The van der Waals surface area contributed by atoms with Crippen LogP contribution in [0.2, 0.25) is 0 Å². The fraction of sp³-hybridized carbons (Fsp3) is 0.429. The number of thiophene rings is 1. The number of aromatic nitrogens is 5. The van der Waals surface area contributed by atoms with Crippen LogP contribution >= 0.6 is 23.1 Å². The van der Waals surface area contributed by atoms with E-state index in [0.717, 1.165) is 40.4 Å². The van der Waals surface area contributed by atoms with Crippen LogP contribution in [-0.2, 0) is 18.6 Å². The second kappa shape index (κ2) is 6.52. The minimum absolute atomic E-state index is 0.551. The molecule has 2 aliphatic rings. The summed E-state index contributed by atoms with van der Waals surface area (Å²) >= 11 is 3.60. The maximum atomic E-state index is 5.16. The van der Waals surface area contributed by atoms with Crippen LogP contribution < -0.4 is 0 Å². The average Bonchev–Trinajstić information content (AvgIpc) is 3.37. The van der Waals surface area contributed by atoms with Gasteiger partial charge in [-0.15, -0.1) is 21.5 Å². The molecule has 0 aliphatic heterocycles. The molecule has 0 saturated heterocycles. The smallest absolute Gasteiger partial charge is 0.197 e. The number of hydrogen-bond donors (Lipinski definition) is 0. The van der Waals surface area contributed by atoms with Crippen molar-refractivity contribution in [3.63, 3.8) is 0 Å². The van der Waals surface area contributed by atoms with Gasteiger partial charge in [-0.3, -0.25) is 9.38 Å². The van der Waals surface area contributed by atoms with E-state index in [1.807, 2.05) is 29.7 Å². The van der Waals surface area contributed by atoms with Gasteiger partial charge in [-0.2, -0.15) is 0 Å². The third-order valence-electron chi connectivity index (χ3n) is 5.81. The van der Waals surface area contributed by atoms with Crippen molar-refractivity contribution in [2.75, 3.05) is 0 Å². The van der Waals surface area contributed by atoms with Crippen molar-refractivity contribution in [2.24, 2.45) is 5.92 Å². The molecule has 0 bridgehead atoms. The van der Waals surface area contributed by atoms with E-state index >= 15 is 0 Å². The summed E-state index contributed by atoms with van der Waals surface area (Å²) in [5.74, 6) is 3.27. The van der Waals surface area contributed by atoms with E-state index in [4.69, 9.17) is 4.98 Å². The van der Waals surface area contributed by atoms with Crippen LogP contribution in [0.1, 0.15) is 54.1 Å². The van der Waals surface area contributed by atoms with Gasteiger partial charge in [-0.1, -0.05) is 24.8 Å². The average molecular weight is 408 g/mol. The molecule has 0 spiro atoms. The molecule has 0 radical (unpaired) electrons. The van der Waals surface area contributed by atoms with Crippen molar-refractivity contribution < 1.29 is 0 Å². The standard InChI is InChI=1S/C21H21N5S2/c1-12-5-8-15-16(10-12)28-20-17(15)19-24-25-21(26(19)18(23-20)13-6-7-13)27-11-14-4-2-3-9-22-14/h2-4,9,12-13H,5-8,10-11H2,1H3/t12-/m0/s1. The molecule has 7 heteroatoms. The van der Waals surface area contributed by atoms with Crippen molar-refractivity contribution in [3.8, 4) is 0 Å². The fourth-order valence-corrected chi connectivity index (χ4v) is 6.41. The Morgan fingerprint density at radius 1 is 1.21 bits per heavy atom. The molecule has 4 aromatic rings. The highest BCUT2D eigenvalue weighted by Crippen LogP contribution is 2.44. The van der Waals surface area contributed by atoms with Gasteiger partial charge in [-0.05, 0) is 55.7 Å². The first kappa shape index (κ1) is 16.9. The summed E-state index contributed by atoms with van der Waals surface area (Å²) in [4.78, 5) is 12.3. The first-order chi connectivity index (χ1) is 13.8. The normalized spacial score (nSPS) is 19.4. The van der Waals surface area contributed by atoms with Crippen molar-refractivity contribution in [2.45, 2.75) is 55.9 Å². The molecular formula is C21H21N5S2. The number of pyridine rings is 1. The summed E-state index contributed by atoms with van der Waals surface area (Å²) in [6.45, 7) is 2.36. The summed E-state index contributed by atoms with van der Waals surface area (Å²) in [6.07, 6.45) is 7.86. The Morgan fingerprint density at radius 2 is 2.14 bits per heavy atom. The van der Waals surface area contributed by atoms with Gasteiger partial charge in [0.15, 0.2) is 10.8 Å². The van der Waals surface area contributed by atoms with Crippen LogP contribution in [0.5, 0.6) is 0 Å². The van der Waals surface area contributed by atoms with E-state index in [0.29, 0.717) is 5.92 Å². The van der Waals surface area contributed by atoms with E-state index in [1.165, 1.54) is 46.3 Å². The molecule has 2 aliphatic carbocycles. The number of nitrogens with zero attached hydrogens (tertiary/aromatic N) is 5. The Morgan fingerprint density at radius 3 is 2.96 bits per heavy atom. The van der Waals surface area contributed by atoms with Gasteiger partial charge < -0.3 is 0 Å². The lowest BCUT2D eigenvalue weighted by molar-refractivity contribution is 0.509. The Kier molecular flexibility index (Phi) is 3.94. The van der Waals surface area contributed by atoms with E-state index < -0.39 is 0 Å². The number of aryl methyl sites for hydroxylation is 1. The molecule has 0 aromatic carbocycles. The largest absolute Gasteiger partial charge is 0.260 e. The molecule has 1 atom stereocenters. The molecule has 5 nitrogen and oxygen atoms in total. The number of rotatable bonds is 4. The van der Waals surface area contributed by atoms with Crippen molar-refractivity contribution in [3.05, 3.63) is 46.4 Å². The number of thioether (sulfide) groups is 1. The Labute approximate surface area is 171 Å². The summed E-state index contributed by atoms with van der Waals surface area (Å²) in [5, 5.41) is 11.5. The molecule has 6 rings (SSSR count). The summed E-state index contributed by atoms with van der Waals surface area (Å²) in [7, 11) is 0. The fourth-order valence-electron chi connectivity index (χ4n) is 4.17. The molecular weight excluding hydrogens is 386 g/mol. The van der Waals surface area contributed by atoms with Gasteiger partial charge in [0.25, 0.3) is 0 Å². The minimum Gasteiger partial charge on any atom is -0.260 e. The third kappa shape index (κ3) is 2.75. The second-order valence-corrected chi connectivity index (χ2v) is 10.1. The van der Waals surface area contributed by atoms with Gasteiger partial charge in [0.1, 0.15) is 10.7 Å². The highest BCUT2D eigenvalue weighted by molar-refractivity contribution is 7.98. The summed E-state index contributed by atoms with van der Waals surface area (Å²) in [6, 6.07) is 6.04. The Bertz CT molecular complexity index is 1180. The van der Waals surface area contributed by atoms with Crippen molar-refractivity contribution in [1.82, 2.24) is 24.6 Å². The van der Waals surface area contributed by atoms with Crippen LogP contribution in [0.25, 0.3) is 15.9 Å². The van der Waals surface area contributed by atoms with Gasteiger partial charge >= 0.3 is 0 Å². The van der Waals surface area contributed by atoms with E-state index in [9.17, 15) is 0 Å². The molecule has 0 unspecified atom stereocenters. The van der Waals surface area contributed by atoms with Crippen LogP contribution in [0.15, 0.2) is 29.6 Å². The van der Waals surface area contributed by atoms with E-state index in [2.05, 4.69) is 32.6 Å². The lowest BCUT2D eigenvalue weighted by Gasteiger charge is -2.17. The zero-order valence-corrected chi connectivity index (χ0v) is 17.4. The quantitative estimate of drug-likeness (QED) is 0.444. The molecule has 28 heavy (non-hydrogen) atoms. The van der Waals surface area contributed by atoms with E-state index in [1.54, 1.807) is 11.8 Å².